The van der Waals surface area contributed by atoms with Crippen LogP contribution in [0.25, 0.3) is 6.08 Å². The highest BCUT2D eigenvalue weighted by Gasteiger charge is 1.98. The lowest BCUT2D eigenvalue weighted by atomic mass is 10.1. The van der Waals surface area contributed by atoms with Gasteiger partial charge in [0.05, 0.1) is 5.70 Å². The monoisotopic (exact) mass is 219 g/mol. The fourth-order valence-electron chi connectivity index (χ4n) is 1.46. The van der Waals surface area contributed by atoms with E-state index < -0.39 is 0 Å². The van der Waals surface area contributed by atoms with Gasteiger partial charge in [0.1, 0.15) is 5.75 Å². The lowest BCUT2D eigenvalue weighted by Crippen LogP contribution is -1.81. The maximum Gasteiger partial charge on any atom is 0.115 e. The third kappa shape index (κ3) is 4.26. The molecule has 0 bridgehead atoms. The molecule has 0 radical (unpaired) electrons. The standard InChI is InChI=1S/C13H17NO2/c1-2-3-4-5-12(14-16)10-11-6-8-13(15)9-7-11/h6-10,15H,2-5H2,1H3/b12-10+. The van der Waals surface area contributed by atoms with E-state index in [-0.39, 0.29) is 5.75 Å². The molecule has 0 fully saturated rings. The van der Waals surface area contributed by atoms with Crippen LogP contribution in [0.4, 0.5) is 0 Å². The highest BCUT2D eigenvalue weighted by atomic mass is 16.3. The first-order valence-corrected chi connectivity index (χ1v) is 5.59. The average molecular weight is 219 g/mol. The molecule has 0 aliphatic heterocycles. The van der Waals surface area contributed by atoms with Crippen LogP contribution in [0.3, 0.4) is 0 Å². The van der Waals surface area contributed by atoms with Crippen LogP contribution >= 0.6 is 0 Å². The zero-order chi connectivity index (χ0) is 11.8. The molecule has 0 amide bonds. The molecule has 0 unspecified atom stereocenters. The number of hydrogen-bond acceptors (Lipinski definition) is 3. The van der Waals surface area contributed by atoms with E-state index in [0.717, 1.165) is 31.2 Å². The second-order valence-corrected chi connectivity index (χ2v) is 3.78. The number of phenols is 1. The summed E-state index contributed by atoms with van der Waals surface area (Å²) in [5, 5.41) is 12.1. The fourth-order valence-corrected chi connectivity index (χ4v) is 1.46. The molecule has 1 aromatic rings. The Morgan fingerprint density at radius 2 is 2.00 bits per heavy atom. The summed E-state index contributed by atoms with van der Waals surface area (Å²) in [5.74, 6) is 0.226. The summed E-state index contributed by atoms with van der Waals surface area (Å²) in [6.45, 7) is 2.12. The van der Waals surface area contributed by atoms with E-state index in [1.165, 1.54) is 0 Å². The predicted octanol–water partition coefficient (Wildman–Crippen LogP) is 4.08. The van der Waals surface area contributed by atoms with Gasteiger partial charge >= 0.3 is 0 Å². The van der Waals surface area contributed by atoms with E-state index in [2.05, 4.69) is 12.1 Å². The third-order valence-electron chi connectivity index (χ3n) is 2.38. The molecule has 86 valence electrons. The van der Waals surface area contributed by atoms with Gasteiger partial charge in [0.15, 0.2) is 0 Å². The molecule has 0 aromatic heterocycles. The minimum Gasteiger partial charge on any atom is -0.508 e. The molecular formula is C13H17NO2. The van der Waals surface area contributed by atoms with Crippen molar-refractivity contribution in [1.29, 1.82) is 0 Å². The molecule has 0 aliphatic rings. The van der Waals surface area contributed by atoms with Crippen LogP contribution in [-0.2, 0) is 0 Å². The van der Waals surface area contributed by atoms with Gasteiger partial charge in [-0.1, -0.05) is 31.9 Å². The molecule has 1 rings (SSSR count). The zero-order valence-corrected chi connectivity index (χ0v) is 9.52. The molecule has 1 N–H and O–H groups in total. The van der Waals surface area contributed by atoms with E-state index in [1.807, 2.05) is 0 Å². The Bertz CT molecular complexity index is 355. The second-order valence-electron chi connectivity index (χ2n) is 3.78. The summed E-state index contributed by atoms with van der Waals surface area (Å²) in [4.78, 5) is 10.6. The van der Waals surface area contributed by atoms with Gasteiger partial charge in [-0.2, -0.15) is 0 Å². The minimum absolute atomic E-state index is 0.226. The second kappa shape index (κ2) is 6.77. The number of rotatable bonds is 6. The molecule has 16 heavy (non-hydrogen) atoms. The molecule has 3 nitrogen and oxygen atoms in total. The normalized spacial score (nSPS) is 11.4. The Morgan fingerprint density at radius 1 is 1.31 bits per heavy atom. The van der Waals surface area contributed by atoms with Crippen LogP contribution in [0.2, 0.25) is 0 Å². The number of nitrogens with zero attached hydrogens (tertiary/aromatic N) is 1. The van der Waals surface area contributed by atoms with Crippen molar-refractivity contribution in [2.24, 2.45) is 5.18 Å². The maximum atomic E-state index is 10.6. The van der Waals surface area contributed by atoms with Gasteiger partial charge in [0, 0.05) is 0 Å². The summed E-state index contributed by atoms with van der Waals surface area (Å²) in [6.07, 6.45) is 5.72. The Hall–Kier alpha value is -1.64. The molecular weight excluding hydrogens is 202 g/mol. The van der Waals surface area contributed by atoms with E-state index in [1.54, 1.807) is 30.3 Å². The quantitative estimate of drug-likeness (QED) is 0.579. The summed E-state index contributed by atoms with van der Waals surface area (Å²) in [7, 11) is 0. The smallest absolute Gasteiger partial charge is 0.115 e. The number of phenolic OH excluding ortho intramolecular Hbond substituents is 1. The first-order chi connectivity index (χ1) is 7.76. The molecule has 1 aromatic carbocycles. The molecule has 0 aliphatic carbocycles. The molecule has 3 heteroatoms. The van der Waals surface area contributed by atoms with Crippen molar-refractivity contribution in [1.82, 2.24) is 0 Å². The van der Waals surface area contributed by atoms with E-state index in [9.17, 15) is 4.91 Å². The number of unbranched alkanes of at least 4 members (excludes halogenated alkanes) is 2. The molecule has 0 heterocycles. The van der Waals surface area contributed by atoms with Crippen molar-refractivity contribution in [3.63, 3.8) is 0 Å². The predicted molar refractivity (Wildman–Crippen MR) is 66.0 cm³/mol. The van der Waals surface area contributed by atoms with Crippen molar-refractivity contribution in [3.8, 4) is 5.75 Å². The molecule has 0 spiro atoms. The topological polar surface area (TPSA) is 49.7 Å². The van der Waals surface area contributed by atoms with Gasteiger partial charge in [-0.05, 0) is 41.8 Å². The van der Waals surface area contributed by atoms with Crippen LogP contribution in [-0.4, -0.2) is 5.11 Å². The van der Waals surface area contributed by atoms with Crippen LogP contribution in [0.1, 0.15) is 38.2 Å². The van der Waals surface area contributed by atoms with E-state index >= 15 is 0 Å². The van der Waals surface area contributed by atoms with Gasteiger partial charge < -0.3 is 5.11 Å². The highest BCUT2D eigenvalue weighted by molar-refractivity contribution is 5.53. The Morgan fingerprint density at radius 3 is 2.56 bits per heavy atom. The minimum atomic E-state index is 0.226. The van der Waals surface area contributed by atoms with Gasteiger partial charge in [-0.15, -0.1) is 4.91 Å². The highest BCUT2D eigenvalue weighted by Crippen LogP contribution is 2.16. The number of aromatic hydroxyl groups is 1. The summed E-state index contributed by atoms with van der Waals surface area (Å²) in [6, 6.07) is 6.72. The Balaban J connectivity index is 2.64. The lowest BCUT2D eigenvalue weighted by Gasteiger charge is -1.99. The number of benzene rings is 1. The summed E-state index contributed by atoms with van der Waals surface area (Å²) in [5.41, 5.74) is 1.46. The number of hydrogen-bond donors (Lipinski definition) is 1. The van der Waals surface area contributed by atoms with Crippen LogP contribution in [0.15, 0.2) is 35.1 Å². The third-order valence-corrected chi connectivity index (χ3v) is 2.38. The summed E-state index contributed by atoms with van der Waals surface area (Å²) >= 11 is 0. The van der Waals surface area contributed by atoms with Gasteiger partial charge in [0.25, 0.3) is 0 Å². The van der Waals surface area contributed by atoms with Crippen molar-refractivity contribution >= 4 is 6.08 Å². The Labute approximate surface area is 95.8 Å². The van der Waals surface area contributed by atoms with Gasteiger partial charge in [0.2, 0.25) is 0 Å². The zero-order valence-electron chi connectivity index (χ0n) is 9.52. The van der Waals surface area contributed by atoms with Crippen molar-refractivity contribution in [2.45, 2.75) is 32.6 Å². The van der Waals surface area contributed by atoms with Crippen LogP contribution < -0.4 is 0 Å². The first-order valence-electron chi connectivity index (χ1n) is 5.59. The van der Waals surface area contributed by atoms with Crippen LogP contribution in [0, 0.1) is 4.91 Å². The number of nitroso groups, excluding NO2 is 1. The first kappa shape index (κ1) is 12.4. The van der Waals surface area contributed by atoms with Crippen molar-refractivity contribution < 1.29 is 5.11 Å². The average Bonchev–Trinajstić information content (AvgIpc) is 2.31. The number of allylic oxidation sites excluding steroid dienone is 1. The molecule has 0 atom stereocenters. The van der Waals surface area contributed by atoms with Crippen molar-refractivity contribution in [2.75, 3.05) is 0 Å². The molecule has 0 saturated carbocycles. The van der Waals surface area contributed by atoms with E-state index in [0.29, 0.717) is 5.70 Å². The lowest BCUT2D eigenvalue weighted by molar-refractivity contribution is 0.475. The molecule has 0 saturated heterocycles. The fraction of sp³-hybridized carbons (Fsp3) is 0.385. The van der Waals surface area contributed by atoms with Gasteiger partial charge in [-0.3, -0.25) is 0 Å². The van der Waals surface area contributed by atoms with Crippen molar-refractivity contribution in [3.05, 3.63) is 40.4 Å². The van der Waals surface area contributed by atoms with E-state index in [4.69, 9.17) is 5.11 Å². The summed E-state index contributed by atoms with van der Waals surface area (Å²) < 4.78 is 0. The van der Waals surface area contributed by atoms with Gasteiger partial charge in [-0.25, -0.2) is 0 Å². The largest absolute Gasteiger partial charge is 0.508 e. The maximum absolute atomic E-state index is 10.6. The Kier molecular flexibility index (Phi) is 5.26. The van der Waals surface area contributed by atoms with Crippen LogP contribution in [0.5, 0.6) is 5.75 Å². The SMILES string of the molecule is CCCCC/C(=C\c1ccc(O)cc1)N=O.